The van der Waals surface area contributed by atoms with Gasteiger partial charge >= 0.3 is 12.0 Å². The lowest BCUT2D eigenvalue weighted by Crippen LogP contribution is -2.55. The quantitative estimate of drug-likeness (QED) is 0.728. The van der Waals surface area contributed by atoms with Crippen molar-refractivity contribution in [3.63, 3.8) is 0 Å². The Bertz CT molecular complexity index is 453. The van der Waals surface area contributed by atoms with E-state index in [1.54, 1.807) is 9.80 Å². The van der Waals surface area contributed by atoms with Crippen LogP contribution in [0.1, 0.15) is 19.3 Å². The van der Waals surface area contributed by atoms with Crippen LogP contribution in [0.15, 0.2) is 0 Å². The van der Waals surface area contributed by atoms with E-state index in [0.717, 1.165) is 6.42 Å². The van der Waals surface area contributed by atoms with Gasteiger partial charge in [-0.1, -0.05) is 6.42 Å². The van der Waals surface area contributed by atoms with Crippen LogP contribution in [-0.2, 0) is 9.59 Å². The zero-order chi connectivity index (χ0) is 14.3. The molecule has 0 bridgehead atoms. The maximum Gasteiger partial charge on any atom is 0.317 e. The number of hydrogen-bond acceptors (Lipinski definition) is 3. The predicted octanol–water partition coefficient (Wildman–Crippen LogP) is -0.277. The van der Waals surface area contributed by atoms with Crippen LogP contribution in [0.5, 0.6) is 0 Å². The first-order chi connectivity index (χ1) is 9.58. The van der Waals surface area contributed by atoms with E-state index in [0.29, 0.717) is 39.0 Å². The summed E-state index contributed by atoms with van der Waals surface area (Å²) in [5.74, 6) is -1.83. The molecule has 3 amide bonds. The molecule has 3 rings (SSSR count). The molecule has 0 radical (unpaired) electrons. The molecule has 0 aromatic heterocycles. The molecule has 1 aliphatic carbocycles. The monoisotopic (exact) mass is 281 g/mol. The molecule has 3 aliphatic rings. The number of aliphatic carboxylic acids is 1. The van der Waals surface area contributed by atoms with Gasteiger partial charge in [0.05, 0.1) is 17.9 Å². The van der Waals surface area contributed by atoms with Crippen molar-refractivity contribution in [3.8, 4) is 0 Å². The van der Waals surface area contributed by atoms with Crippen LogP contribution in [0.25, 0.3) is 0 Å². The largest absolute Gasteiger partial charge is 0.481 e. The van der Waals surface area contributed by atoms with Crippen LogP contribution in [0.2, 0.25) is 0 Å². The van der Waals surface area contributed by atoms with Crippen LogP contribution in [0, 0.1) is 11.8 Å². The number of carboxylic acids is 1. The first-order valence-corrected chi connectivity index (χ1v) is 7.14. The summed E-state index contributed by atoms with van der Waals surface area (Å²) in [5, 5.41) is 12.0. The second-order valence-corrected chi connectivity index (χ2v) is 5.80. The second kappa shape index (κ2) is 4.96. The zero-order valence-corrected chi connectivity index (χ0v) is 11.2. The first-order valence-electron chi connectivity index (χ1n) is 7.14. The molecule has 3 fully saturated rings. The zero-order valence-electron chi connectivity index (χ0n) is 11.2. The molecule has 3 atom stereocenters. The van der Waals surface area contributed by atoms with Gasteiger partial charge in [0, 0.05) is 26.2 Å². The Morgan fingerprint density at radius 3 is 2.70 bits per heavy atom. The van der Waals surface area contributed by atoms with Gasteiger partial charge in [-0.15, -0.1) is 0 Å². The number of carboxylic acid groups (broad SMARTS) is 1. The number of urea groups is 1. The summed E-state index contributed by atoms with van der Waals surface area (Å²) < 4.78 is 0. The molecule has 2 N–H and O–H groups in total. The Balaban J connectivity index is 1.66. The summed E-state index contributed by atoms with van der Waals surface area (Å²) in [6.07, 6.45) is 2.06. The predicted molar refractivity (Wildman–Crippen MR) is 68.9 cm³/mol. The Morgan fingerprint density at radius 2 is 1.95 bits per heavy atom. The molecule has 7 heteroatoms. The molecule has 7 nitrogen and oxygen atoms in total. The summed E-state index contributed by atoms with van der Waals surface area (Å²) in [4.78, 5) is 38.7. The van der Waals surface area contributed by atoms with Crippen molar-refractivity contribution in [2.45, 2.75) is 25.3 Å². The minimum absolute atomic E-state index is 0.0323. The number of fused-ring (bicyclic) bond motifs is 1. The van der Waals surface area contributed by atoms with Gasteiger partial charge in [0.15, 0.2) is 0 Å². The SMILES string of the molecule is O=C(O)[C@H]1CCC[C@H]1C(=O)N1CCN2C(=O)NCC2C1. The maximum atomic E-state index is 12.5. The summed E-state index contributed by atoms with van der Waals surface area (Å²) in [6, 6.07) is -0.0312. The smallest absolute Gasteiger partial charge is 0.317 e. The number of amides is 3. The van der Waals surface area contributed by atoms with Gasteiger partial charge in [-0.3, -0.25) is 9.59 Å². The number of hydrogen-bond donors (Lipinski definition) is 2. The standard InChI is InChI=1S/C13H19N3O4/c17-11(9-2-1-3-10(9)12(18)19)15-4-5-16-8(7-15)6-14-13(16)20/h8-10H,1-7H2,(H,14,20)(H,18,19)/t8?,9-,10+/m1/s1. The third-order valence-corrected chi connectivity index (χ3v) is 4.69. The van der Waals surface area contributed by atoms with Gasteiger partial charge in [0.1, 0.15) is 0 Å². The topological polar surface area (TPSA) is 90.0 Å². The molecule has 2 aliphatic heterocycles. The average molecular weight is 281 g/mol. The van der Waals surface area contributed by atoms with Crippen LogP contribution in [0.3, 0.4) is 0 Å². The highest BCUT2D eigenvalue weighted by Gasteiger charge is 2.43. The Kier molecular flexibility index (Phi) is 3.27. The molecule has 0 aromatic rings. The molecule has 1 unspecified atom stereocenters. The molecular formula is C13H19N3O4. The lowest BCUT2D eigenvalue weighted by molar-refractivity contribution is -0.149. The van der Waals surface area contributed by atoms with Crippen molar-refractivity contribution in [1.82, 2.24) is 15.1 Å². The number of piperazine rings is 1. The number of carbonyl (C=O) groups is 3. The number of nitrogens with zero attached hydrogens (tertiary/aromatic N) is 2. The highest BCUT2D eigenvalue weighted by atomic mass is 16.4. The van der Waals surface area contributed by atoms with Crippen LogP contribution >= 0.6 is 0 Å². The number of nitrogens with one attached hydrogen (secondary N) is 1. The van der Waals surface area contributed by atoms with Crippen molar-refractivity contribution in [1.29, 1.82) is 0 Å². The average Bonchev–Trinajstić information content (AvgIpc) is 3.05. The molecular weight excluding hydrogens is 262 g/mol. The first kappa shape index (κ1) is 13.2. The van der Waals surface area contributed by atoms with E-state index in [1.807, 2.05) is 0 Å². The second-order valence-electron chi connectivity index (χ2n) is 5.80. The molecule has 1 saturated carbocycles. The Labute approximate surface area is 116 Å². The van der Waals surface area contributed by atoms with E-state index in [2.05, 4.69) is 5.32 Å². The highest BCUT2D eigenvalue weighted by molar-refractivity contribution is 5.86. The van der Waals surface area contributed by atoms with Crippen LogP contribution in [-0.4, -0.2) is 65.0 Å². The molecule has 20 heavy (non-hydrogen) atoms. The van der Waals surface area contributed by atoms with E-state index in [1.165, 1.54) is 0 Å². The fourth-order valence-electron chi connectivity index (χ4n) is 3.59. The molecule has 0 spiro atoms. The Hall–Kier alpha value is -1.79. The number of rotatable bonds is 2. The lowest BCUT2D eigenvalue weighted by Gasteiger charge is -2.38. The van der Waals surface area contributed by atoms with E-state index in [-0.39, 0.29) is 23.9 Å². The van der Waals surface area contributed by atoms with Crippen molar-refractivity contribution in [2.75, 3.05) is 26.2 Å². The van der Waals surface area contributed by atoms with E-state index < -0.39 is 11.9 Å². The summed E-state index contributed by atoms with van der Waals surface area (Å²) in [5.41, 5.74) is 0. The lowest BCUT2D eigenvalue weighted by atomic mass is 9.94. The summed E-state index contributed by atoms with van der Waals surface area (Å²) in [6.45, 7) is 2.12. The van der Waals surface area contributed by atoms with E-state index >= 15 is 0 Å². The van der Waals surface area contributed by atoms with Crippen LogP contribution < -0.4 is 5.32 Å². The minimum atomic E-state index is -0.864. The number of carbonyl (C=O) groups excluding carboxylic acids is 2. The van der Waals surface area contributed by atoms with Crippen molar-refractivity contribution >= 4 is 17.9 Å². The maximum absolute atomic E-state index is 12.5. The molecule has 2 saturated heterocycles. The minimum Gasteiger partial charge on any atom is -0.481 e. The highest BCUT2D eigenvalue weighted by Crippen LogP contribution is 2.34. The van der Waals surface area contributed by atoms with Crippen molar-refractivity contribution < 1.29 is 19.5 Å². The van der Waals surface area contributed by atoms with Crippen LogP contribution in [0.4, 0.5) is 4.79 Å². The van der Waals surface area contributed by atoms with Gasteiger partial charge in [0.25, 0.3) is 0 Å². The summed E-state index contributed by atoms with van der Waals surface area (Å²) >= 11 is 0. The molecule has 110 valence electrons. The van der Waals surface area contributed by atoms with E-state index in [9.17, 15) is 19.5 Å². The normalized spacial score (nSPS) is 33.0. The van der Waals surface area contributed by atoms with E-state index in [4.69, 9.17) is 0 Å². The van der Waals surface area contributed by atoms with Gasteiger partial charge in [-0.2, -0.15) is 0 Å². The fourth-order valence-corrected chi connectivity index (χ4v) is 3.59. The Morgan fingerprint density at radius 1 is 1.20 bits per heavy atom. The van der Waals surface area contributed by atoms with Crippen molar-refractivity contribution in [2.24, 2.45) is 11.8 Å². The third kappa shape index (κ3) is 2.10. The van der Waals surface area contributed by atoms with Gasteiger partial charge in [-0.25, -0.2) is 4.79 Å². The summed E-state index contributed by atoms with van der Waals surface area (Å²) in [7, 11) is 0. The van der Waals surface area contributed by atoms with Gasteiger partial charge in [0.2, 0.25) is 5.91 Å². The fraction of sp³-hybridized carbons (Fsp3) is 0.769. The molecule has 2 heterocycles. The van der Waals surface area contributed by atoms with Crippen molar-refractivity contribution in [3.05, 3.63) is 0 Å². The van der Waals surface area contributed by atoms with Gasteiger partial charge < -0.3 is 20.2 Å². The third-order valence-electron chi connectivity index (χ3n) is 4.69. The molecule has 0 aromatic carbocycles. The van der Waals surface area contributed by atoms with Gasteiger partial charge in [-0.05, 0) is 12.8 Å².